The van der Waals surface area contributed by atoms with Crippen molar-refractivity contribution in [2.45, 2.75) is 10.1 Å². The largest absolute Gasteiger partial charge is 0.296 e. The first-order chi connectivity index (χ1) is 12.4. The molecule has 0 spiro atoms. The molecule has 3 aromatic rings. The van der Waals surface area contributed by atoms with Crippen molar-refractivity contribution in [2.75, 3.05) is 5.32 Å². The first-order valence-corrected chi connectivity index (χ1v) is 10.4. The number of nitrogens with zero attached hydrogens (tertiary/aromatic N) is 2. The number of benzene rings is 2. The quantitative estimate of drug-likeness (QED) is 0.335. The van der Waals surface area contributed by atoms with Crippen LogP contribution >= 0.6 is 62.2 Å². The van der Waals surface area contributed by atoms with E-state index in [0.29, 0.717) is 35.3 Å². The Balaban J connectivity index is 1.65. The third kappa shape index (κ3) is 4.75. The normalized spacial score (nSPS) is 10.8. The van der Waals surface area contributed by atoms with Gasteiger partial charge in [-0.05, 0) is 51.8 Å². The molecule has 10 heteroatoms. The third-order valence-corrected chi connectivity index (χ3v) is 6.57. The molecule has 0 fully saturated rings. The summed E-state index contributed by atoms with van der Waals surface area (Å²) in [6.07, 6.45) is 0. The minimum absolute atomic E-state index is 0.304. The number of halogens is 4. The van der Waals surface area contributed by atoms with Gasteiger partial charge in [0.25, 0.3) is 5.91 Å². The molecule has 2 aromatic carbocycles. The number of aromatic nitrogens is 2. The summed E-state index contributed by atoms with van der Waals surface area (Å²) in [5.41, 5.74) is 1.12. The number of amides is 1. The number of nitrogens with one attached hydrogen (secondary N) is 1. The fourth-order valence-electron chi connectivity index (χ4n) is 1.96. The van der Waals surface area contributed by atoms with E-state index in [9.17, 15) is 9.18 Å². The van der Waals surface area contributed by atoms with Crippen molar-refractivity contribution in [1.82, 2.24) is 10.2 Å². The summed E-state index contributed by atoms with van der Waals surface area (Å²) in [6.45, 7) is 0. The zero-order valence-corrected chi connectivity index (χ0v) is 17.5. The number of carbonyl (C=O) groups excluding carboxylic acids is 1. The Hall–Kier alpha value is -1.19. The molecular formula is C16H9BrCl2FN3OS2. The van der Waals surface area contributed by atoms with Gasteiger partial charge in [-0.3, -0.25) is 10.1 Å². The lowest BCUT2D eigenvalue weighted by molar-refractivity contribution is 0.102. The van der Waals surface area contributed by atoms with Crippen LogP contribution in [0.25, 0.3) is 0 Å². The average molecular weight is 493 g/mol. The molecule has 3 rings (SSSR count). The van der Waals surface area contributed by atoms with Crippen molar-refractivity contribution < 1.29 is 9.18 Å². The highest BCUT2D eigenvalue weighted by Gasteiger charge is 2.14. The van der Waals surface area contributed by atoms with Crippen molar-refractivity contribution in [2.24, 2.45) is 0 Å². The molecule has 0 radical (unpaired) electrons. The fraction of sp³-hybridized carbons (Fsp3) is 0.0625. The Morgan fingerprint density at radius 3 is 2.65 bits per heavy atom. The van der Waals surface area contributed by atoms with Crippen LogP contribution in [0.2, 0.25) is 10.0 Å². The standard InChI is InChI=1S/C16H9BrCl2FN3OS2/c17-11-6-8(20)4-5-9(11)14(24)21-15-22-23-16(26-15)25-7-10-12(18)2-1-3-13(10)19/h1-6H,7H2,(H,21,22,24). The van der Waals surface area contributed by atoms with Gasteiger partial charge in [0, 0.05) is 20.3 Å². The van der Waals surface area contributed by atoms with Crippen LogP contribution in [0.4, 0.5) is 9.52 Å². The first kappa shape index (κ1) is 19.6. The summed E-state index contributed by atoms with van der Waals surface area (Å²) in [4.78, 5) is 12.3. The van der Waals surface area contributed by atoms with Gasteiger partial charge in [0.2, 0.25) is 5.13 Å². The van der Waals surface area contributed by atoms with E-state index in [-0.39, 0.29) is 0 Å². The van der Waals surface area contributed by atoms with Crippen LogP contribution in [0.15, 0.2) is 45.2 Å². The molecule has 26 heavy (non-hydrogen) atoms. The van der Waals surface area contributed by atoms with E-state index < -0.39 is 11.7 Å². The maximum absolute atomic E-state index is 13.1. The molecule has 0 atom stereocenters. The molecule has 0 unspecified atom stereocenters. The summed E-state index contributed by atoms with van der Waals surface area (Å²) in [5, 5.41) is 12.1. The van der Waals surface area contributed by atoms with Gasteiger partial charge in [-0.1, -0.05) is 52.4 Å². The monoisotopic (exact) mass is 491 g/mol. The fourth-order valence-corrected chi connectivity index (χ4v) is 4.98. The average Bonchev–Trinajstić information content (AvgIpc) is 3.01. The number of thioether (sulfide) groups is 1. The smallest absolute Gasteiger partial charge is 0.258 e. The summed E-state index contributed by atoms with van der Waals surface area (Å²) in [7, 11) is 0. The lowest BCUT2D eigenvalue weighted by Gasteiger charge is -2.04. The summed E-state index contributed by atoms with van der Waals surface area (Å²) < 4.78 is 14.1. The van der Waals surface area contributed by atoms with Crippen LogP contribution in [0, 0.1) is 5.82 Å². The maximum atomic E-state index is 13.1. The number of hydrogen-bond acceptors (Lipinski definition) is 5. The lowest BCUT2D eigenvalue weighted by Crippen LogP contribution is -2.12. The van der Waals surface area contributed by atoms with E-state index in [1.165, 1.54) is 41.3 Å². The van der Waals surface area contributed by atoms with Gasteiger partial charge in [0.1, 0.15) is 5.82 Å². The van der Waals surface area contributed by atoms with Gasteiger partial charge in [-0.15, -0.1) is 10.2 Å². The second-order valence-electron chi connectivity index (χ2n) is 4.94. The van der Waals surface area contributed by atoms with Gasteiger partial charge >= 0.3 is 0 Å². The third-order valence-electron chi connectivity index (χ3n) is 3.20. The van der Waals surface area contributed by atoms with Crippen LogP contribution in [0.1, 0.15) is 15.9 Å². The molecular weight excluding hydrogens is 484 g/mol. The number of hydrogen-bond donors (Lipinski definition) is 1. The number of rotatable bonds is 5. The van der Waals surface area contributed by atoms with E-state index in [1.54, 1.807) is 18.2 Å². The van der Waals surface area contributed by atoms with Crippen LogP contribution in [-0.2, 0) is 5.75 Å². The van der Waals surface area contributed by atoms with Crippen molar-refractivity contribution in [1.29, 1.82) is 0 Å². The predicted molar refractivity (Wildman–Crippen MR) is 108 cm³/mol. The molecule has 0 aliphatic heterocycles. The van der Waals surface area contributed by atoms with Crippen LogP contribution in [0.5, 0.6) is 0 Å². The summed E-state index contributed by atoms with van der Waals surface area (Å²) >= 11 is 18.1. The van der Waals surface area contributed by atoms with E-state index in [2.05, 4.69) is 31.4 Å². The van der Waals surface area contributed by atoms with Crippen molar-refractivity contribution in [3.63, 3.8) is 0 Å². The summed E-state index contributed by atoms with van der Waals surface area (Å²) in [6, 6.07) is 9.17. The highest BCUT2D eigenvalue weighted by molar-refractivity contribution is 9.10. The second kappa shape index (κ2) is 8.67. The molecule has 0 bridgehead atoms. The summed E-state index contributed by atoms with van der Waals surface area (Å²) in [5.74, 6) is -0.301. The minimum atomic E-state index is -0.429. The van der Waals surface area contributed by atoms with Crippen molar-refractivity contribution >= 4 is 73.3 Å². The molecule has 1 N–H and O–H groups in total. The molecule has 1 amide bonds. The van der Waals surface area contributed by atoms with E-state index >= 15 is 0 Å². The zero-order valence-electron chi connectivity index (χ0n) is 12.8. The number of anilines is 1. The van der Waals surface area contributed by atoms with E-state index in [0.717, 1.165) is 5.56 Å². The topological polar surface area (TPSA) is 54.9 Å². The first-order valence-electron chi connectivity index (χ1n) is 7.09. The van der Waals surface area contributed by atoms with Crippen molar-refractivity contribution in [3.05, 3.63) is 67.9 Å². The molecule has 0 saturated carbocycles. The highest BCUT2D eigenvalue weighted by atomic mass is 79.9. The second-order valence-corrected chi connectivity index (χ2v) is 8.81. The molecule has 1 aromatic heterocycles. The molecule has 1 heterocycles. The van der Waals surface area contributed by atoms with Gasteiger partial charge in [0.15, 0.2) is 4.34 Å². The number of carbonyl (C=O) groups is 1. The molecule has 0 aliphatic rings. The Morgan fingerprint density at radius 1 is 1.23 bits per heavy atom. The highest BCUT2D eigenvalue weighted by Crippen LogP contribution is 2.33. The Bertz CT molecular complexity index is 950. The lowest BCUT2D eigenvalue weighted by atomic mass is 10.2. The van der Waals surface area contributed by atoms with Gasteiger partial charge < -0.3 is 0 Å². The Labute approximate surface area is 175 Å². The molecule has 4 nitrogen and oxygen atoms in total. The van der Waals surface area contributed by atoms with Crippen LogP contribution < -0.4 is 5.32 Å². The maximum Gasteiger partial charge on any atom is 0.258 e. The van der Waals surface area contributed by atoms with Crippen LogP contribution in [-0.4, -0.2) is 16.1 Å². The van der Waals surface area contributed by atoms with Gasteiger partial charge in [-0.2, -0.15) is 0 Å². The van der Waals surface area contributed by atoms with Crippen LogP contribution in [0.3, 0.4) is 0 Å². The predicted octanol–water partition coefficient (Wildman–Crippen LogP) is 6.29. The zero-order chi connectivity index (χ0) is 18.7. The van der Waals surface area contributed by atoms with E-state index in [1.807, 2.05) is 0 Å². The Morgan fingerprint density at radius 2 is 1.96 bits per heavy atom. The minimum Gasteiger partial charge on any atom is -0.296 e. The van der Waals surface area contributed by atoms with Gasteiger partial charge in [0.05, 0.1) is 5.56 Å². The SMILES string of the molecule is O=C(Nc1nnc(SCc2c(Cl)cccc2Cl)s1)c1ccc(F)cc1Br. The molecule has 0 saturated heterocycles. The molecule has 134 valence electrons. The van der Waals surface area contributed by atoms with Crippen molar-refractivity contribution in [3.8, 4) is 0 Å². The van der Waals surface area contributed by atoms with Gasteiger partial charge in [-0.25, -0.2) is 4.39 Å². The van der Waals surface area contributed by atoms with E-state index in [4.69, 9.17) is 23.2 Å². The Kier molecular flexibility index (Phi) is 6.52. The molecule has 0 aliphatic carbocycles.